The van der Waals surface area contributed by atoms with Gasteiger partial charge in [0.2, 0.25) is 0 Å². The van der Waals surface area contributed by atoms with Crippen LogP contribution in [0.25, 0.3) is 0 Å². The Morgan fingerprint density at radius 3 is 3.09 bits per heavy atom. The number of carbonyl (C=O) groups excluding carboxylic acids is 1. The van der Waals surface area contributed by atoms with E-state index in [9.17, 15) is 4.79 Å². The fraction of sp³-hybridized carbons (Fsp3) is 0.875. The van der Waals surface area contributed by atoms with E-state index in [-0.39, 0.29) is 4.83 Å². The van der Waals surface area contributed by atoms with Gasteiger partial charge in [-0.15, -0.1) is 0 Å². The van der Waals surface area contributed by atoms with Gasteiger partial charge in [0.15, 0.2) is 0 Å². The summed E-state index contributed by atoms with van der Waals surface area (Å²) in [7, 11) is 0. The second-order valence-electron chi connectivity index (χ2n) is 3.30. The largest absolute Gasteiger partial charge is 0.298 e. The molecule has 2 saturated heterocycles. The fourth-order valence-electron chi connectivity index (χ4n) is 1.84. The molecule has 2 aliphatic rings. The molecule has 2 bridgehead atoms. The van der Waals surface area contributed by atoms with Crippen molar-refractivity contribution in [3.8, 4) is 0 Å². The molecule has 0 saturated carbocycles. The number of hydrogen-bond acceptors (Lipinski definition) is 2. The normalized spacial score (nSPS) is 44.1. The Balaban J connectivity index is 2.11. The average Bonchev–Trinajstić information content (AvgIpc) is 2.01. The summed E-state index contributed by atoms with van der Waals surface area (Å²) in [5.41, 5.74) is 0. The van der Waals surface area contributed by atoms with Crippen LogP contribution in [0.15, 0.2) is 0 Å². The Morgan fingerprint density at radius 1 is 1.45 bits per heavy atom. The van der Waals surface area contributed by atoms with Crippen LogP contribution in [0, 0.1) is 0 Å². The molecular weight excluding hydrogens is 224 g/mol. The number of thioether (sulfide) groups is 1. The lowest BCUT2D eigenvalue weighted by atomic mass is 9.98. The molecule has 11 heavy (non-hydrogen) atoms. The summed E-state index contributed by atoms with van der Waals surface area (Å²) in [4.78, 5) is 11.5. The predicted molar refractivity (Wildman–Crippen MR) is 51.4 cm³/mol. The minimum absolute atomic E-state index is 0.157. The summed E-state index contributed by atoms with van der Waals surface area (Å²) in [6, 6.07) is 0. The van der Waals surface area contributed by atoms with Gasteiger partial charge in [-0.2, -0.15) is 11.8 Å². The number of hydrogen-bond donors (Lipinski definition) is 0. The minimum Gasteiger partial charge on any atom is -0.298 e. The van der Waals surface area contributed by atoms with E-state index >= 15 is 0 Å². The molecule has 62 valence electrons. The maximum atomic E-state index is 11.3. The minimum atomic E-state index is 0.157. The van der Waals surface area contributed by atoms with Gasteiger partial charge in [0, 0.05) is 16.9 Å². The highest BCUT2D eigenvalue weighted by Gasteiger charge is 2.37. The van der Waals surface area contributed by atoms with Crippen LogP contribution in [-0.2, 0) is 4.79 Å². The van der Waals surface area contributed by atoms with Crippen LogP contribution in [-0.4, -0.2) is 21.1 Å². The summed E-state index contributed by atoms with van der Waals surface area (Å²) in [6.45, 7) is 0. The van der Waals surface area contributed by atoms with Crippen molar-refractivity contribution in [2.24, 2.45) is 0 Å². The zero-order chi connectivity index (χ0) is 7.84. The highest BCUT2D eigenvalue weighted by atomic mass is 79.9. The monoisotopic (exact) mass is 234 g/mol. The van der Waals surface area contributed by atoms with E-state index in [0.717, 1.165) is 6.42 Å². The molecule has 0 aliphatic carbocycles. The SMILES string of the molecule is O=C1CC2CCCC(S2)C1Br. The summed E-state index contributed by atoms with van der Waals surface area (Å²) in [5.74, 6) is 0.429. The van der Waals surface area contributed by atoms with Crippen LogP contribution in [0.1, 0.15) is 25.7 Å². The highest BCUT2D eigenvalue weighted by Crippen LogP contribution is 2.42. The van der Waals surface area contributed by atoms with E-state index < -0.39 is 0 Å². The van der Waals surface area contributed by atoms with Crippen molar-refractivity contribution in [3.63, 3.8) is 0 Å². The Labute approximate surface area is 79.4 Å². The van der Waals surface area contributed by atoms with Crippen molar-refractivity contribution in [1.29, 1.82) is 0 Å². The van der Waals surface area contributed by atoms with Crippen molar-refractivity contribution in [2.45, 2.75) is 41.0 Å². The lowest BCUT2D eigenvalue weighted by Crippen LogP contribution is -2.38. The first-order valence-corrected chi connectivity index (χ1v) is 5.95. The van der Waals surface area contributed by atoms with Gasteiger partial charge in [0.25, 0.3) is 0 Å². The van der Waals surface area contributed by atoms with Crippen LogP contribution < -0.4 is 0 Å². The molecule has 0 aromatic heterocycles. The van der Waals surface area contributed by atoms with Crippen LogP contribution >= 0.6 is 27.7 Å². The second-order valence-corrected chi connectivity index (χ2v) is 5.83. The molecule has 0 aromatic carbocycles. The van der Waals surface area contributed by atoms with Gasteiger partial charge in [0.1, 0.15) is 5.78 Å². The Morgan fingerprint density at radius 2 is 2.27 bits per heavy atom. The zero-order valence-corrected chi connectivity index (χ0v) is 8.66. The number of rotatable bonds is 0. The number of halogens is 1. The van der Waals surface area contributed by atoms with E-state index in [1.54, 1.807) is 0 Å². The molecule has 1 nitrogen and oxygen atoms in total. The molecule has 2 fully saturated rings. The maximum Gasteiger partial charge on any atom is 0.148 e. The number of carbonyl (C=O) groups is 1. The van der Waals surface area contributed by atoms with E-state index in [2.05, 4.69) is 15.9 Å². The maximum absolute atomic E-state index is 11.3. The predicted octanol–water partition coefficient (Wildman–Crippen LogP) is 2.38. The van der Waals surface area contributed by atoms with Crippen molar-refractivity contribution in [1.82, 2.24) is 0 Å². The van der Waals surface area contributed by atoms with Gasteiger partial charge < -0.3 is 0 Å². The zero-order valence-electron chi connectivity index (χ0n) is 6.25. The van der Waals surface area contributed by atoms with Gasteiger partial charge in [0.05, 0.1) is 4.83 Å². The molecular formula is C8H11BrOS. The lowest BCUT2D eigenvalue weighted by Gasteiger charge is -2.36. The Bertz CT molecular complexity index is 183. The molecule has 0 amide bonds. The molecule has 0 radical (unpaired) electrons. The highest BCUT2D eigenvalue weighted by molar-refractivity contribution is 9.10. The molecule has 2 rings (SSSR count). The summed E-state index contributed by atoms with van der Waals surface area (Å²) >= 11 is 5.49. The van der Waals surface area contributed by atoms with Crippen molar-refractivity contribution >= 4 is 33.5 Å². The third kappa shape index (κ3) is 1.50. The van der Waals surface area contributed by atoms with Crippen LogP contribution in [0.5, 0.6) is 0 Å². The summed E-state index contributed by atoms with van der Waals surface area (Å²) < 4.78 is 0. The van der Waals surface area contributed by atoms with Crippen molar-refractivity contribution in [2.75, 3.05) is 0 Å². The number of ketones is 1. The third-order valence-corrected chi connectivity index (χ3v) is 5.59. The lowest BCUT2D eigenvalue weighted by molar-refractivity contribution is -0.118. The fourth-order valence-corrected chi connectivity index (χ4v) is 4.31. The Kier molecular flexibility index (Phi) is 2.28. The molecule has 2 heterocycles. The standard InChI is InChI=1S/C8H11BrOS/c9-8-6(10)4-5-2-1-3-7(8)11-5/h5,7-8H,1-4H2. The summed E-state index contributed by atoms with van der Waals surface area (Å²) in [5, 5.41) is 1.23. The number of Topliss-reactive ketones (excluding diaryl/α,β-unsaturated/α-hetero) is 1. The molecule has 3 heteroatoms. The van der Waals surface area contributed by atoms with Crippen molar-refractivity contribution in [3.05, 3.63) is 0 Å². The first kappa shape index (κ1) is 8.11. The second kappa shape index (κ2) is 3.09. The summed E-state index contributed by atoms with van der Waals surface area (Å²) in [6.07, 6.45) is 4.60. The molecule has 3 unspecified atom stereocenters. The van der Waals surface area contributed by atoms with E-state index in [4.69, 9.17) is 0 Å². The average molecular weight is 235 g/mol. The topological polar surface area (TPSA) is 17.1 Å². The van der Waals surface area contributed by atoms with Crippen LogP contribution in [0.2, 0.25) is 0 Å². The van der Waals surface area contributed by atoms with Crippen LogP contribution in [0.3, 0.4) is 0 Å². The third-order valence-electron chi connectivity index (χ3n) is 2.44. The van der Waals surface area contributed by atoms with Crippen molar-refractivity contribution < 1.29 is 4.79 Å². The smallest absolute Gasteiger partial charge is 0.148 e. The molecule has 3 atom stereocenters. The van der Waals surface area contributed by atoms with Gasteiger partial charge >= 0.3 is 0 Å². The first-order valence-electron chi connectivity index (χ1n) is 4.09. The van der Waals surface area contributed by atoms with Gasteiger partial charge in [-0.05, 0) is 12.8 Å². The molecule has 0 spiro atoms. The van der Waals surface area contributed by atoms with Gasteiger partial charge in [-0.1, -0.05) is 22.4 Å². The number of alkyl halides is 1. The van der Waals surface area contributed by atoms with Crippen LogP contribution in [0.4, 0.5) is 0 Å². The molecule has 0 N–H and O–H groups in total. The van der Waals surface area contributed by atoms with E-state index in [0.29, 0.717) is 16.3 Å². The van der Waals surface area contributed by atoms with Gasteiger partial charge in [-0.25, -0.2) is 0 Å². The van der Waals surface area contributed by atoms with E-state index in [1.165, 1.54) is 19.3 Å². The Hall–Kier alpha value is 0.500. The first-order chi connectivity index (χ1) is 5.27. The molecule has 2 aliphatic heterocycles. The van der Waals surface area contributed by atoms with Gasteiger partial charge in [-0.3, -0.25) is 4.79 Å². The van der Waals surface area contributed by atoms with E-state index in [1.807, 2.05) is 11.8 Å². The quantitative estimate of drug-likeness (QED) is 0.599. The molecule has 0 aromatic rings. The number of fused-ring (bicyclic) bond motifs is 2.